The number of nitrogens with zero attached hydrogens (tertiary/aromatic N) is 2. The van der Waals surface area contributed by atoms with E-state index in [0.717, 1.165) is 5.69 Å². The Labute approximate surface area is 79.8 Å². The van der Waals surface area contributed by atoms with Gasteiger partial charge in [0.05, 0.1) is 5.39 Å². The standard InChI is InChI=1S/C10H7N3O/c1-6-2-3-8-9(14)7(4-11)5-12-10(8)13-6/h2-3,5H,1H3,(H,12,13,14). The molecule has 0 amide bonds. The Kier molecular flexibility index (Phi) is 1.79. The van der Waals surface area contributed by atoms with E-state index in [1.165, 1.54) is 6.20 Å². The van der Waals surface area contributed by atoms with Gasteiger partial charge < -0.3 is 4.98 Å². The Morgan fingerprint density at radius 1 is 1.50 bits per heavy atom. The van der Waals surface area contributed by atoms with Gasteiger partial charge in [0, 0.05) is 11.9 Å². The second-order valence-corrected chi connectivity index (χ2v) is 2.99. The highest BCUT2D eigenvalue weighted by molar-refractivity contribution is 5.75. The lowest BCUT2D eigenvalue weighted by molar-refractivity contribution is 1.19. The van der Waals surface area contributed by atoms with Crippen LogP contribution in [0, 0.1) is 18.3 Å². The Morgan fingerprint density at radius 3 is 3.00 bits per heavy atom. The van der Waals surface area contributed by atoms with Gasteiger partial charge in [-0.3, -0.25) is 4.79 Å². The largest absolute Gasteiger partial charge is 0.345 e. The fourth-order valence-electron chi connectivity index (χ4n) is 1.28. The van der Waals surface area contributed by atoms with Gasteiger partial charge in [0.15, 0.2) is 0 Å². The molecule has 0 unspecified atom stereocenters. The van der Waals surface area contributed by atoms with Gasteiger partial charge in [-0.25, -0.2) is 4.98 Å². The van der Waals surface area contributed by atoms with Crippen molar-refractivity contribution in [3.8, 4) is 6.07 Å². The van der Waals surface area contributed by atoms with Gasteiger partial charge >= 0.3 is 0 Å². The Balaban J connectivity index is 2.93. The van der Waals surface area contributed by atoms with E-state index in [1.54, 1.807) is 12.1 Å². The predicted octanol–water partition coefficient (Wildman–Crippen LogP) is 1.10. The molecule has 0 radical (unpaired) electrons. The van der Waals surface area contributed by atoms with Crippen molar-refractivity contribution in [1.82, 2.24) is 9.97 Å². The minimum Gasteiger partial charge on any atom is -0.345 e. The zero-order chi connectivity index (χ0) is 10.1. The summed E-state index contributed by atoms with van der Waals surface area (Å²) < 4.78 is 0. The van der Waals surface area contributed by atoms with Crippen molar-refractivity contribution in [3.05, 3.63) is 39.8 Å². The summed E-state index contributed by atoms with van der Waals surface area (Å²) in [4.78, 5) is 18.6. The zero-order valence-corrected chi connectivity index (χ0v) is 7.53. The summed E-state index contributed by atoms with van der Waals surface area (Å²) >= 11 is 0. The van der Waals surface area contributed by atoms with Gasteiger partial charge in [0.1, 0.15) is 17.3 Å². The topological polar surface area (TPSA) is 69.5 Å². The van der Waals surface area contributed by atoms with Crippen LogP contribution in [-0.4, -0.2) is 9.97 Å². The van der Waals surface area contributed by atoms with Crippen molar-refractivity contribution in [1.29, 1.82) is 5.26 Å². The number of aryl methyl sites for hydroxylation is 1. The van der Waals surface area contributed by atoms with E-state index in [-0.39, 0.29) is 11.0 Å². The first-order valence-corrected chi connectivity index (χ1v) is 4.11. The molecule has 2 aromatic heterocycles. The number of nitriles is 1. The molecule has 0 aliphatic carbocycles. The second kappa shape index (κ2) is 2.96. The normalized spacial score (nSPS) is 10.0. The number of nitrogens with one attached hydrogen (secondary N) is 1. The predicted molar refractivity (Wildman–Crippen MR) is 51.8 cm³/mol. The number of fused-ring (bicyclic) bond motifs is 1. The molecule has 0 fully saturated rings. The van der Waals surface area contributed by atoms with Crippen LogP contribution in [0.3, 0.4) is 0 Å². The molecule has 2 aromatic rings. The van der Waals surface area contributed by atoms with Crippen LogP contribution in [0.25, 0.3) is 11.0 Å². The number of aromatic amines is 1. The van der Waals surface area contributed by atoms with E-state index in [4.69, 9.17) is 5.26 Å². The number of hydrogen-bond acceptors (Lipinski definition) is 3. The number of H-pyrrole nitrogens is 1. The molecule has 2 heterocycles. The molecule has 4 nitrogen and oxygen atoms in total. The number of aromatic nitrogens is 2. The molecule has 0 atom stereocenters. The molecule has 0 spiro atoms. The van der Waals surface area contributed by atoms with Crippen LogP contribution < -0.4 is 5.43 Å². The highest BCUT2D eigenvalue weighted by atomic mass is 16.1. The highest BCUT2D eigenvalue weighted by Gasteiger charge is 2.04. The van der Waals surface area contributed by atoms with Crippen molar-refractivity contribution >= 4 is 11.0 Å². The van der Waals surface area contributed by atoms with Crippen LogP contribution in [0.5, 0.6) is 0 Å². The van der Waals surface area contributed by atoms with E-state index in [0.29, 0.717) is 11.0 Å². The van der Waals surface area contributed by atoms with Gasteiger partial charge in [0.2, 0.25) is 5.43 Å². The average Bonchev–Trinajstić information content (AvgIpc) is 2.18. The van der Waals surface area contributed by atoms with Gasteiger partial charge in [-0.2, -0.15) is 5.26 Å². The average molecular weight is 185 g/mol. The van der Waals surface area contributed by atoms with Crippen LogP contribution in [0.15, 0.2) is 23.1 Å². The second-order valence-electron chi connectivity index (χ2n) is 2.99. The fourth-order valence-corrected chi connectivity index (χ4v) is 1.28. The van der Waals surface area contributed by atoms with Gasteiger partial charge in [-0.05, 0) is 19.1 Å². The number of rotatable bonds is 0. The third kappa shape index (κ3) is 1.15. The number of hydrogen-bond donors (Lipinski definition) is 1. The molecular weight excluding hydrogens is 178 g/mol. The summed E-state index contributed by atoms with van der Waals surface area (Å²) in [6, 6.07) is 5.26. The van der Waals surface area contributed by atoms with Crippen molar-refractivity contribution in [3.63, 3.8) is 0 Å². The molecule has 14 heavy (non-hydrogen) atoms. The van der Waals surface area contributed by atoms with E-state index >= 15 is 0 Å². The molecule has 0 bridgehead atoms. The lowest BCUT2D eigenvalue weighted by Crippen LogP contribution is -2.08. The molecule has 0 aliphatic heterocycles. The van der Waals surface area contributed by atoms with Crippen molar-refractivity contribution in [2.75, 3.05) is 0 Å². The summed E-state index contributed by atoms with van der Waals surface area (Å²) in [7, 11) is 0. The van der Waals surface area contributed by atoms with E-state index in [1.807, 2.05) is 13.0 Å². The van der Waals surface area contributed by atoms with Gasteiger partial charge in [-0.1, -0.05) is 0 Å². The maximum Gasteiger partial charge on any atom is 0.208 e. The van der Waals surface area contributed by atoms with Crippen LogP contribution in [0.1, 0.15) is 11.3 Å². The summed E-state index contributed by atoms with van der Waals surface area (Å²) in [6.07, 6.45) is 1.39. The zero-order valence-electron chi connectivity index (χ0n) is 7.53. The smallest absolute Gasteiger partial charge is 0.208 e. The van der Waals surface area contributed by atoms with E-state index in [9.17, 15) is 4.79 Å². The fraction of sp³-hybridized carbons (Fsp3) is 0.100. The molecule has 0 aromatic carbocycles. The summed E-state index contributed by atoms with van der Waals surface area (Å²) in [5.74, 6) is 0. The first-order valence-electron chi connectivity index (χ1n) is 4.11. The molecule has 1 N–H and O–H groups in total. The molecule has 0 saturated heterocycles. The van der Waals surface area contributed by atoms with Crippen molar-refractivity contribution in [2.24, 2.45) is 0 Å². The minimum absolute atomic E-state index is 0.114. The third-order valence-electron chi connectivity index (χ3n) is 2.00. The maximum atomic E-state index is 11.6. The number of pyridine rings is 2. The van der Waals surface area contributed by atoms with Gasteiger partial charge in [0.25, 0.3) is 0 Å². The third-order valence-corrected chi connectivity index (χ3v) is 2.00. The summed E-state index contributed by atoms with van der Waals surface area (Å²) in [6.45, 7) is 1.84. The molecule has 68 valence electrons. The Morgan fingerprint density at radius 2 is 2.29 bits per heavy atom. The summed E-state index contributed by atoms with van der Waals surface area (Å²) in [5.41, 5.74) is 1.20. The molecular formula is C10H7N3O. The van der Waals surface area contributed by atoms with Crippen molar-refractivity contribution < 1.29 is 0 Å². The first-order chi connectivity index (χ1) is 6.72. The molecule has 0 saturated carbocycles. The van der Waals surface area contributed by atoms with Crippen molar-refractivity contribution in [2.45, 2.75) is 6.92 Å². The summed E-state index contributed by atoms with van der Waals surface area (Å²) in [5, 5.41) is 9.10. The SMILES string of the molecule is Cc1ccc2c(=O)c(C#N)c[nH]c2n1. The molecule has 2 rings (SSSR count). The van der Waals surface area contributed by atoms with Crippen LogP contribution in [0.2, 0.25) is 0 Å². The Bertz CT molecular complexity index is 592. The van der Waals surface area contributed by atoms with Crippen LogP contribution in [0.4, 0.5) is 0 Å². The highest BCUT2D eigenvalue weighted by Crippen LogP contribution is 2.05. The van der Waals surface area contributed by atoms with E-state index < -0.39 is 0 Å². The minimum atomic E-state index is -0.270. The lowest BCUT2D eigenvalue weighted by Gasteiger charge is -1.97. The van der Waals surface area contributed by atoms with Gasteiger partial charge in [-0.15, -0.1) is 0 Å². The van der Waals surface area contributed by atoms with Crippen LogP contribution >= 0.6 is 0 Å². The maximum absolute atomic E-state index is 11.6. The molecule has 0 aliphatic rings. The Hall–Kier alpha value is -2.15. The quantitative estimate of drug-likeness (QED) is 0.668. The first kappa shape index (κ1) is 8.45. The molecule has 4 heteroatoms. The van der Waals surface area contributed by atoms with Crippen LogP contribution in [-0.2, 0) is 0 Å². The lowest BCUT2D eigenvalue weighted by atomic mass is 10.2. The van der Waals surface area contributed by atoms with E-state index in [2.05, 4.69) is 9.97 Å². The monoisotopic (exact) mass is 185 g/mol.